The first kappa shape index (κ1) is 19.6. The van der Waals surface area contributed by atoms with Gasteiger partial charge in [-0.3, -0.25) is 9.59 Å². The Labute approximate surface area is 157 Å². The van der Waals surface area contributed by atoms with Crippen LogP contribution in [0.2, 0.25) is 5.02 Å². The summed E-state index contributed by atoms with van der Waals surface area (Å²) >= 11 is 6.16. The number of hydrogen-bond acceptors (Lipinski definition) is 4. The lowest BCUT2D eigenvalue weighted by Crippen LogP contribution is -2.26. The largest absolute Gasteiger partial charge is 0.493 e. The molecule has 0 bridgehead atoms. The van der Waals surface area contributed by atoms with E-state index in [1.54, 1.807) is 12.1 Å². The Hall–Kier alpha value is -2.73. The van der Waals surface area contributed by atoms with Crippen LogP contribution in [0.1, 0.15) is 35.8 Å². The minimum atomic E-state index is -0.301. The van der Waals surface area contributed by atoms with Crippen molar-refractivity contribution in [3.63, 3.8) is 0 Å². The second-order valence-electron chi connectivity index (χ2n) is 5.70. The van der Waals surface area contributed by atoms with Crippen LogP contribution < -0.4 is 20.1 Å². The number of halogens is 1. The SMILES string of the molecule is COc1cc(C(=O)NC(C)c2cccc(NC(C)=O)c2)cc(Cl)c1OC. The number of ether oxygens (including phenoxy) is 2. The second kappa shape index (κ2) is 8.58. The van der Waals surface area contributed by atoms with E-state index in [0.717, 1.165) is 5.56 Å². The number of carbonyl (C=O) groups is 2. The smallest absolute Gasteiger partial charge is 0.251 e. The number of benzene rings is 2. The molecule has 0 aliphatic carbocycles. The summed E-state index contributed by atoms with van der Waals surface area (Å²) in [4.78, 5) is 23.8. The van der Waals surface area contributed by atoms with E-state index in [1.807, 2.05) is 25.1 Å². The number of nitrogens with one attached hydrogen (secondary N) is 2. The Morgan fingerprint density at radius 3 is 2.46 bits per heavy atom. The van der Waals surface area contributed by atoms with Crippen LogP contribution in [-0.2, 0) is 4.79 Å². The fourth-order valence-corrected chi connectivity index (χ4v) is 2.79. The molecule has 2 aromatic rings. The second-order valence-corrected chi connectivity index (χ2v) is 6.10. The summed E-state index contributed by atoms with van der Waals surface area (Å²) in [5.74, 6) is 0.302. The first-order valence-corrected chi connectivity index (χ1v) is 8.33. The van der Waals surface area contributed by atoms with Crippen molar-refractivity contribution in [2.24, 2.45) is 0 Å². The van der Waals surface area contributed by atoms with Crippen LogP contribution in [0.3, 0.4) is 0 Å². The highest BCUT2D eigenvalue weighted by Crippen LogP contribution is 2.36. The van der Waals surface area contributed by atoms with Gasteiger partial charge in [-0.05, 0) is 36.8 Å². The van der Waals surface area contributed by atoms with Crippen molar-refractivity contribution >= 4 is 29.1 Å². The Bertz CT molecular complexity index is 823. The predicted octanol–water partition coefficient (Wildman–Crippen LogP) is 3.81. The van der Waals surface area contributed by atoms with Crippen LogP contribution in [0.5, 0.6) is 11.5 Å². The van der Waals surface area contributed by atoms with Crippen LogP contribution in [0.25, 0.3) is 0 Å². The summed E-state index contributed by atoms with van der Waals surface area (Å²) in [5.41, 5.74) is 1.89. The van der Waals surface area contributed by atoms with E-state index < -0.39 is 0 Å². The Morgan fingerprint density at radius 2 is 1.85 bits per heavy atom. The molecule has 1 unspecified atom stereocenters. The molecule has 2 rings (SSSR count). The monoisotopic (exact) mass is 376 g/mol. The van der Waals surface area contributed by atoms with E-state index >= 15 is 0 Å². The van der Waals surface area contributed by atoms with Crippen LogP contribution in [0.15, 0.2) is 36.4 Å². The van der Waals surface area contributed by atoms with Crippen molar-refractivity contribution in [3.05, 3.63) is 52.5 Å². The molecule has 1 atom stereocenters. The zero-order valence-corrected chi connectivity index (χ0v) is 15.8. The summed E-state index contributed by atoms with van der Waals surface area (Å²) in [6.07, 6.45) is 0. The summed E-state index contributed by atoms with van der Waals surface area (Å²) in [5, 5.41) is 5.91. The lowest BCUT2D eigenvalue weighted by molar-refractivity contribution is -0.114. The van der Waals surface area contributed by atoms with Gasteiger partial charge in [0.15, 0.2) is 11.5 Å². The Balaban J connectivity index is 2.19. The third kappa shape index (κ3) is 4.67. The van der Waals surface area contributed by atoms with E-state index in [0.29, 0.717) is 22.7 Å². The zero-order valence-electron chi connectivity index (χ0n) is 15.1. The van der Waals surface area contributed by atoms with Gasteiger partial charge >= 0.3 is 0 Å². The number of amides is 2. The van der Waals surface area contributed by atoms with Crippen molar-refractivity contribution in [1.82, 2.24) is 5.32 Å². The third-order valence-electron chi connectivity index (χ3n) is 3.75. The van der Waals surface area contributed by atoms with Gasteiger partial charge in [-0.2, -0.15) is 0 Å². The van der Waals surface area contributed by atoms with Gasteiger partial charge in [0.1, 0.15) is 0 Å². The molecule has 7 heteroatoms. The van der Waals surface area contributed by atoms with Crippen molar-refractivity contribution in [2.75, 3.05) is 19.5 Å². The van der Waals surface area contributed by atoms with E-state index in [-0.39, 0.29) is 22.9 Å². The first-order chi connectivity index (χ1) is 12.3. The average Bonchev–Trinajstić information content (AvgIpc) is 2.60. The fourth-order valence-electron chi connectivity index (χ4n) is 2.50. The maximum absolute atomic E-state index is 12.6. The van der Waals surface area contributed by atoms with Gasteiger partial charge in [-0.1, -0.05) is 23.7 Å². The third-order valence-corrected chi connectivity index (χ3v) is 4.03. The van der Waals surface area contributed by atoms with Crippen molar-refractivity contribution < 1.29 is 19.1 Å². The summed E-state index contributed by atoms with van der Waals surface area (Å²) < 4.78 is 10.4. The molecule has 0 heterocycles. The minimum Gasteiger partial charge on any atom is -0.493 e. The standard InChI is InChI=1S/C19H21ClN2O4/c1-11(13-6-5-7-15(8-13)22-12(2)23)21-19(24)14-9-16(20)18(26-4)17(10-14)25-3/h5-11H,1-4H3,(H,21,24)(H,22,23). The van der Waals surface area contributed by atoms with Crippen LogP contribution in [0.4, 0.5) is 5.69 Å². The van der Waals surface area contributed by atoms with Crippen LogP contribution >= 0.6 is 11.6 Å². The predicted molar refractivity (Wildman–Crippen MR) is 101 cm³/mol. The normalized spacial score (nSPS) is 11.4. The number of anilines is 1. The number of methoxy groups -OCH3 is 2. The zero-order chi connectivity index (χ0) is 19.3. The minimum absolute atomic E-state index is 0.154. The summed E-state index contributed by atoms with van der Waals surface area (Å²) in [6, 6.07) is 10.1. The van der Waals surface area contributed by atoms with Crippen molar-refractivity contribution in [1.29, 1.82) is 0 Å². The molecular formula is C19H21ClN2O4. The molecular weight excluding hydrogens is 356 g/mol. The highest BCUT2D eigenvalue weighted by atomic mass is 35.5. The fraction of sp³-hybridized carbons (Fsp3) is 0.263. The summed E-state index contributed by atoms with van der Waals surface area (Å²) in [6.45, 7) is 3.30. The Kier molecular flexibility index (Phi) is 6.46. The molecule has 2 amide bonds. The van der Waals surface area contributed by atoms with Gasteiger partial charge in [0, 0.05) is 18.2 Å². The molecule has 6 nitrogen and oxygen atoms in total. The first-order valence-electron chi connectivity index (χ1n) is 7.95. The molecule has 0 aliphatic heterocycles. The maximum atomic E-state index is 12.6. The molecule has 138 valence electrons. The molecule has 0 fully saturated rings. The number of hydrogen-bond donors (Lipinski definition) is 2. The van der Waals surface area contributed by atoms with Crippen molar-refractivity contribution in [3.8, 4) is 11.5 Å². The molecule has 26 heavy (non-hydrogen) atoms. The van der Waals surface area contributed by atoms with Gasteiger partial charge < -0.3 is 20.1 Å². The van der Waals surface area contributed by atoms with Gasteiger partial charge in [0.05, 0.1) is 25.3 Å². The summed E-state index contributed by atoms with van der Waals surface area (Å²) in [7, 11) is 2.96. The van der Waals surface area contributed by atoms with Gasteiger partial charge in [-0.25, -0.2) is 0 Å². The molecule has 0 saturated carbocycles. The Morgan fingerprint density at radius 1 is 1.12 bits per heavy atom. The quantitative estimate of drug-likeness (QED) is 0.803. The van der Waals surface area contributed by atoms with Gasteiger partial charge in [0.2, 0.25) is 5.91 Å². The van der Waals surface area contributed by atoms with Gasteiger partial charge in [0.25, 0.3) is 5.91 Å². The molecule has 0 aromatic heterocycles. The van der Waals surface area contributed by atoms with Crippen LogP contribution in [0, 0.1) is 0 Å². The van der Waals surface area contributed by atoms with E-state index in [2.05, 4.69) is 10.6 Å². The molecule has 2 N–H and O–H groups in total. The highest BCUT2D eigenvalue weighted by Gasteiger charge is 2.17. The molecule has 0 saturated heterocycles. The van der Waals surface area contributed by atoms with Gasteiger partial charge in [-0.15, -0.1) is 0 Å². The highest BCUT2D eigenvalue weighted by molar-refractivity contribution is 6.32. The van der Waals surface area contributed by atoms with E-state index in [1.165, 1.54) is 27.2 Å². The number of carbonyl (C=O) groups excluding carboxylic acids is 2. The number of rotatable bonds is 6. The van der Waals surface area contributed by atoms with E-state index in [9.17, 15) is 9.59 Å². The molecule has 0 radical (unpaired) electrons. The average molecular weight is 377 g/mol. The van der Waals surface area contributed by atoms with Crippen LogP contribution in [-0.4, -0.2) is 26.0 Å². The topological polar surface area (TPSA) is 76.7 Å². The molecule has 2 aromatic carbocycles. The molecule has 0 aliphatic rings. The molecule has 0 spiro atoms. The lowest BCUT2D eigenvalue weighted by atomic mass is 10.1. The van der Waals surface area contributed by atoms with E-state index in [4.69, 9.17) is 21.1 Å². The maximum Gasteiger partial charge on any atom is 0.251 e. The lowest BCUT2D eigenvalue weighted by Gasteiger charge is -2.17. The van der Waals surface area contributed by atoms with Crippen molar-refractivity contribution in [2.45, 2.75) is 19.9 Å².